The van der Waals surface area contributed by atoms with Gasteiger partial charge in [-0.25, -0.2) is 34.3 Å². The van der Waals surface area contributed by atoms with Crippen LogP contribution in [0.15, 0.2) is 0 Å². The number of nitrogens with zero attached hydrogens (tertiary/aromatic N) is 8. The van der Waals surface area contributed by atoms with Crippen LogP contribution in [0.2, 0.25) is 0 Å². The Bertz CT molecular complexity index is 1620. The molecular weight excluding hydrogens is 764 g/mol. The van der Waals surface area contributed by atoms with Crippen molar-refractivity contribution >= 4 is 46.5 Å². The Morgan fingerprint density at radius 1 is 0.643 bits per heavy atom. The highest BCUT2D eigenvalue weighted by Crippen LogP contribution is 2.31. The number of piperazine rings is 2. The Labute approximate surface area is 325 Å². The average molecular weight is 819 g/mol. The average Bonchev–Trinajstić information content (AvgIpc) is 3.45. The number of rotatable bonds is 6. The molecule has 0 unspecified atom stereocenters. The second kappa shape index (κ2) is 16.7. The molecule has 0 aromatic rings. The lowest BCUT2D eigenvalue weighted by atomic mass is 10.0. The number of nitrogens with one attached hydrogen (secondary N) is 2. The Morgan fingerprint density at radius 3 is 1.45 bits per heavy atom. The highest BCUT2D eigenvalue weighted by atomic mass is 32.3. The number of carbonyl (C=O) groups excluding carboxylic acids is 6. The molecule has 24 heteroatoms. The fraction of sp³-hybridized carbons (Fsp3) is 0.812. The molecule has 4 bridgehead atoms. The van der Waals surface area contributed by atoms with Crippen molar-refractivity contribution < 1.29 is 60.7 Å². The van der Waals surface area contributed by atoms with Gasteiger partial charge in [-0.05, 0) is 67.2 Å². The van der Waals surface area contributed by atoms with Crippen molar-refractivity contribution in [3.05, 3.63) is 0 Å². The number of fused-ring (bicyclic) bond motifs is 4. The summed E-state index contributed by atoms with van der Waals surface area (Å²) in [4.78, 5) is 79.7. The van der Waals surface area contributed by atoms with Gasteiger partial charge in [-0.2, -0.15) is 13.5 Å². The first-order valence-corrected chi connectivity index (χ1v) is 20.0. The number of amides is 8. The van der Waals surface area contributed by atoms with Gasteiger partial charge in [-0.15, -0.1) is 4.28 Å². The fourth-order valence-corrected chi connectivity index (χ4v) is 7.53. The molecule has 56 heavy (non-hydrogen) atoms. The van der Waals surface area contributed by atoms with Crippen molar-refractivity contribution in [3.8, 4) is 0 Å². The molecule has 6 fully saturated rings. The lowest BCUT2D eigenvalue weighted by molar-refractivity contribution is -0.132. The summed E-state index contributed by atoms with van der Waals surface area (Å²) >= 11 is 0. The van der Waals surface area contributed by atoms with Gasteiger partial charge in [0.2, 0.25) is 0 Å². The topological polar surface area (TPSA) is 255 Å². The van der Waals surface area contributed by atoms with E-state index < -0.39 is 63.8 Å². The third-order valence-electron chi connectivity index (χ3n) is 9.85. The summed E-state index contributed by atoms with van der Waals surface area (Å²) in [6.07, 6.45) is 1.04. The Morgan fingerprint density at radius 2 is 1.04 bits per heavy atom. The number of hydrogen-bond donors (Lipinski definition) is 4. The van der Waals surface area contributed by atoms with Crippen LogP contribution < -0.4 is 10.9 Å². The molecule has 0 radical (unpaired) electrons. The molecule has 0 saturated carbocycles. The van der Waals surface area contributed by atoms with Crippen molar-refractivity contribution in [3.63, 3.8) is 0 Å². The van der Waals surface area contributed by atoms with Gasteiger partial charge in [-0.1, -0.05) is 0 Å². The number of piperidine rings is 2. The van der Waals surface area contributed by atoms with E-state index >= 15 is 0 Å². The minimum Gasteiger partial charge on any atom is -0.444 e. The maximum atomic E-state index is 12.7. The second-order valence-electron chi connectivity index (χ2n) is 16.4. The van der Waals surface area contributed by atoms with E-state index in [1.165, 1.54) is 9.80 Å². The first-order chi connectivity index (χ1) is 26.0. The molecular formula is C32H54N10O13S. The molecule has 0 aromatic carbocycles. The van der Waals surface area contributed by atoms with E-state index in [0.717, 1.165) is 5.06 Å². The normalized spacial score (nSPS) is 26.1. The predicted molar refractivity (Wildman–Crippen MR) is 191 cm³/mol. The molecule has 6 aliphatic heterocycles. The standard InChI is InChI=1S/C16H27N5O8S.C16H27N5O5/c1-16(2,3)28-15(24)18-6-8-19(9-7-18)17-13(22)12-5-4-11-10-20(12)14(23)21(11)29-30(25,26)27;1-16(2,3)26-15(24)18-6-8-19(9-7-18)17-13(22)12-5-4-11-10-20(12)14(23)21(11)25/h11-12H,4-10H2,1-3H3,(H,17,22)(H,25,26,27);11-12,25H,4-10H2,1-3H3,(H,17,22)/t2*11-,12+/m11/s1. The van der Waals surface area contributed by atoms with Crippen molar-refractivity contribution in [1.82, 2.24) is 50.6 Å². The molecule has 4 atom stereocenters. The number of urea groups is 2. The smallest absolute Gasteiger partial charge is 0.418 e. The van der Waals surface area contributed by atoms with Crippen molar-refractivity contribution in [2.45, 2.75) is 103 Å². The predicted octanol–water partition coefficient (Wildman–Crippen LogP) is -0.199. The van der Waals surface area contributed by atoms with Crippen LogP contribution in [0.25, 0.3) is 0 Å². The molecule has 4 N–H and O–H groups in total. The van der Waals surface area contributed by atoms with Crippen molar-refractivity contribution in [2.75, 3.05) is 65.4 Å². The molecule has 316 valence electrons. The van der Waals surface area contributed by atoms with E-state index in [2.05, 4.69) is 15.1 Å². The molecule has 0 aliphatic carbocycles. The molecule has 23 nitrogen and oxygen atoms in total. The van der Waals surface area contributed by atoms with Crippen LogP contribution in [-0.2, 0) is 33.7 Å². The van der Waals surface area contributed by atoms with E-state index in [-0.39, 0.29) is 24.6 Å². The molecule has 6 saturated heterocycles. The first-order valence-electron chi connectivity index (χ1n) is 18.6. The van der Waals surface area contributed by atoms with Crippen LogP contribution in [0, 0.1) is 0 Å². The summed E-state index contributed by atoms with van der Waals surface area (Å²) in [6.45, 7) is 14.8. The van der Waals surface area contributed by atoms with Gasteiger partial charge in [0.25, 0.3) is 11.8 Å². The van der Waals surface area contributed by atoms with E-state index in [4.69, 9.17) is 14.0 Å². The summed E-state index contributed by atoms with van der Waals surface area (Å²) in [5.41, 5.74) is 4.47. The Balaban J connectivity index is 0.000000216. The number of hydrogen-bond acceptors (Lipinski definition) is 14. The van der Waals surface area contributed by atoms with Crippen LogP contribution in [0.1, 0.15) is 67.2 Å². The van der Waals surface area contributed by atoms with E-state index in [1.807, 2.05) is 20.8 Å². The number of ether oxygens (including phenoxy) is 2. The van der Waals surface area contributed by atoms with Gasteiger partial charge in [0.05, 0.1) is 12.1 Å². The monoisotopic (exact) mass is 818 g/mol. The van der Waals surface area contributed by atoms with Gasteiger partial charge in [0.15, 0.2) is 0 Å². The Hall–Kier alpha value is -4.23. The SMILES string of the molecule is CC(C)(C)OC(=O)N1CCN(NC(=O)[C@@H]2CC[C@@H]3CN2C(=O)N3O)CC1.CC(C)(C)OC(=O)N1CCN(NC(=O)[C@@H]2CC[C@@H]3CN2C(=O)N3OS(=O)(=O)O)CC1. The lowest BCUT2D eigenvalue weighted by Gasteiger charge is -2.37. The maximum Gasteiger partial charge on any atom is 0.418 e. The summed E-state index contributed by atoms with van der Waals surface area (Å²) in [5.74, 6) is -0.654. The van der Waals surface area contributed by atoms with E-state index in [9.17, 15) is 42.4 Å². The van der Waals surface area contributed by atoms with Crippen LogP contribution in [0.4, 0.5) is 19.2 Å². The highest BCUT2D eigenvalue weighted by molar-refractivity contribution is 7.80. The zero-order valence-electron chi connectivity index (χ0n) is 32.6. The van der Waals surface area contributed by atoms with E-state index in [1.54, 1.807) is 40.6 Å². The molecule has 6 rings (SSSR count). The number of carbonyl (C=O) groups is 6. The van der Waals surface area contributed by atoms with Gasteiger partial charge >= 0.3 is 34.6 Å². The third-order valence-corrected chi connectivity index (χ3v) is 10.2. The lowest BCUT2D eigenvalue weighted by Crippen LogP contribution is -2.59. The van der Waals surface area contributed by atoms with Crippen LogP contribution in [0.3, 0.4) is 0 Å². The molecule has 0 aromatic heterocycles. The first kappa shape index (κ1) is 42.9. The van der Waals surface area contributed by atoms with Gasteiger partial charge in [0.1, 0.15) is 23.3 Å². The van der Waals surface area contributed by atoms with Gasteiger partial charge < -0.3 is 29.1 Å². The molecule has 0 spiro atoms. The number of hydroxylamine groups is 4. The molecule has 8 amide bonds. The summed E-state index contributed by atoms with van der Waals surface area (Å²) in [6, 6.07) is -3.43. The molecule has 6 aliphatic rings. The fourth-order valence-electron chi connectivity index (χ4n) is 7.14. The quantitative estimate of drug-likeness (QED) is 0.200. The summed E-state index contributed by atoms with van der Waals surface area (Å²) < 4.78 is 45.8. The van der Waals surface area contributed by atoms with Crippen molar-refractivity contribution in [2.24, 2.45) is 0 Å². The largest absolute Gasteiger partial charge is 0.444 e. The minimum atomic E-state index is -4.84. The van der Waals surface area contributed by atoms with Gasteiger partial charge in [-0.3, -0.25) is 30.2 Å². The highest BCUT2D eigenvalue weighted by Gasteiger charge is 2.50. The second-order valence-corrected chi connectivity index (χ2v) is 17.4. The van der Waals surface area contributed by atoms with E-state index in [0.29, 0.717) is 89.6 Å². The zero-order chi connectivity index (χ0) is 41.3. The number of hydrazine groups is 2. The summed E-state index contributed by atoms with van der Waals surface area (Å²) in [5, 5.41) is 14.5. The zero-order valence-corrected chi connectivity index (χ0v) is 33.4. The van der Waals surface area contributed by atoms with Crippen LogP contribution in [0.5, 0.6) is 0 Å². The Kier molecular flexibility index (Phi) is 12.8. The summed E-state index contributed by atoms with van der Waals surface area (Å²) in [7, 11) is -4.84. The van der Waals surface area contributed by atoms with Gasteiger partial charge in [0, 0.05) is 65.4 Å². The van der Waals surface area contributed by atoms with Crippen LogP contribution >= 0.6 is 0 Å². The minimum absolute atomic E-state index is 0.124. The molecule has 6 heterocycles. The van der Waals surface area contributed by atoms with Crippen LogP contribution in [-0.4, -0.2) is 195 Å². The third kappa shape index (κ3) is 10.8. The van der Waals surface area contributed by atoms with Crippen molar-refractivity contribution in [1.29, 1.82) is 0 Å². The maximum absolute atomic E-state index is 12.7.